The third-order valence-electron chi connectivity index (χ3n) is 2.03. The van der Waals surface area contributed by atoms with Crippen molar-refractivity contribution in [3.05, 3.63) is 35.4 Å². The first-order valence-corrected chi connectivity index (χ1v) is 5.77. The largest absolute Gasteiger partial charge is 0.550 e. The summed E-state index contributed by atoms with van der Waals surface area (Å²) >= 11 is 0. The third kappa shape index (κ3) is 9.34. The second kappa shape index (κ2) is 8.68. The quantitative estimate of drug-likeness (QED) is 0.341. The number of benzene rings is 1. The van der Waals surface area contributed by atoms with Crippen LogP contribution in [0, 0.1) is 0 Å². The van der Waals surface area contributed by atoms with Crippen LogP contribution in [0.2, 0.25) is 0 Å². The van der Waals surface area contributed by atoms with Crippen molar-refractivity contribution >= 4 is 18.1 Å². The van der Waals surface area contributed by atoms with Crippen molar-refractivity contribution in [1.29, 1.82) is 0 Å². The number of nitrogens with one attached hydrogen (secondary N) is 1. The Hall–Kier alpha value is -2.37. The molecule has 0 unspecified atom stereocenters. The van der Waals surface area contributed by atoms with Gasteiger partial charge in [0.15, 0.2) is 0 Å². The summed E-state index contributed by atoms with van der Waals surface area (Å²) in [6.45, 7) is 5.30. The summed E-state index contributed by atoms with van der Waals surface area (Å²) in [6.07, 6.45) is 1.74. The van der Waals surface area contributed by atoms with Gasteiger partial charge in [-0.15, -0.1) is 5.10 Å². The van der Waals surface area contributed by atoms with Crippen LogP contribution in [0.1, 0.15) is 37.8 Å². The van der Waals surface area contributed by atoms with Crippen molar-refractivity contribution in [3.8, 4) is 0 Å². The number of hydrazone groups is 1. The van der Waals surface area contributed by atoms with Gasteiger partial charge in [0.2, 0.25) is 6.21 Å². The topological polar surface area (TPSA) is 118 Å². The van der Waals surface area contributed by atoms with Crippen LogP contribution in [-0.2, 0) is 4.79 Å². The van der Waals surface area contributed by atoms with E-state index in [1.165, 1.54) is 5.56 Å². The molecule has 1 aromatic carbocycles. The zero-order valence-electron chi connectivity index (χ0n) is 11.4. The number of aliphatic carboxylic acids is 1. The van der Waals surface area contributed by atoms with Gasteiger partial charge in [0.25, 0.3) is 5.96 Å². The number of nitrogens with two attached hydrogens (primary N) is 2. The Morgan fingerprint density at radius 3 is 2.16 bits per heavy atom. The van der Waals surface area contributed by atoms with E-state index in [0.29, 0.717) is 5.92 Å². The first kappa shape index (κ1) is 16.6. The molecule has 6 heteroatoms. The van der Waals surface area contributed by atoms with Crippen molar-refractivity contribution < 1.29 is 15.0 Å². The summed E-state index contributed by atoms with van der Waals surface area (Å²) < 4.78 is 0. The lowest BCUT2D eigenvalue weighted by Gasteiger charge is -2.03. The molecule has 0 atom stereocenters. The zero-order chi connectivity index (χ0) is 14.8. The van der Waals surface area contributed by atoms with Crippen LogP contribution >= 0.6 is 0 Å². The maximum atomic E-state index is 8.89. The van der Waals surface area contributed by atoms with Crippen LogP contribution in [0.25, 0.3) is 0 Å². The number of guanidine groups is 1. The van der Waals surface area contributed by atoms with E-state index in [2.05, 4.69) is 36.2 Å². The standard InChI is InChI=1S/C11H16N4.C2H4O2/c1-8(2)10-5-3-9(4-6-10)7-14-15-11(12)13;1-2(3)4/h3-8H,1-2H3,(H4,12,13,15);1H3,(H,3,4)/b14-7+;. The molecule has 0 aliphatic heterocycles. The highest BCUT2D eigenvalue weighted by molar-refractivity contribution is 5.77. The Morgan fingerprint density at radius 1 is 1.32 bits per heavy atom. The molecule has 0 saturated heterocycles. The number of carbonyl (C=O) groups excluding carboxylic acids is 1. The number of hydrogen-bond donors (Lipinski definition) is 3. The number of hydrogen-bond acceptors (Lipinski definition) is 3. The van der Waals surface area contributed by atoms with E-state index in [1.54, 1.807) is 6.21 Å². The van der Waals surface area contributed by atoms with Crippen LogP contribution in [-0.4, -0.2) is 18.1 Å². The van der Waals surface area contributed by atoms with E-state index < -0.39 is 5.97 Å². The average Bonchev–Trinajstić information content (AvgIpc) is 2.28. The number of rotatable bonds is 3. The second-order valence-electron chi connectivity index (χ2n) is 4.12. The van der Waals surface area contributed by atoms with Crippen LogP contribution < -0.4 is 21.7 Å². The Balaban J connectivity index is 0.000000711. The highest BCUT2D eigenvalue weighted by Gasteiger charge is 1.98. The normalized spacial score (nSPS) is 9.89. The van der Waals surface area contributed by atoms with Gasteiger partial charge in [-0.05, 0) is 30.5 Å². The van der Waals surface area contributed by atoms with E-state index in [0.717, 1.165) is 12.5 Å². The van der Waals surface area contributed by atoms with Crippen LogP contribution in [0.3, 0.4) is 0 Å². The fourth-order valence-electron chi connectivity index (χ4n) is 1.16. The van der Waals surface area contributed by atoms with E-state index in [4.69, 9.17) is 21.4 Å². The molecule has 0 radical (unpaired) electrons. The molecule has 0 aliphatic rings. The number of nitrogens with zero attached hydrogens (tertiary/aromatic N) is 1. The highest BCUT2D eigenvalue weighted by atomic mass is 16.4. The number of carboxylic acids is 1. The SMILES string of the molecule is CC(=O)[O-].CC(C)c1ccc(/C=[NH+]/N=C(N)N)cc1. The predicted molar refractivity (Wildman–Crippen MR) is 73.2 cm³/mol. The third-order valence-corrected chi connectivity index (χ3v) is 2.03. The summed E-state index contributed by atoms with van der Waals surface area (Å²) in [5.74, 6) is -0.519. The Morgan fingerprint density at radius 2 is 1.79 bits per heavy atom. The average molecular weight is 264 g/mol. The Bertz CT molecular complexity index is 442. The molecule has 0 saturated carbocycles. The molecule has 0 spiro atoms. The highest BCUT2D eigenvalue weighted by Crippen LogP contribution is 2.13. The molecule has 5 N–H and O–H groups in total. The summed E-state index contributed by atoms with van der Waals surface area (Å²) in [6, 6.07) is 8.22. The van der Waals surface area contributed by atoms with E-state index in [-0.39, 0.29) is 5.96 Å². The van der Waals surface area contributed by atoms with Crippen molar-refractivity contribution in [2.24, 2.45) is 16.6 Å². The molecule has 0 bridgehead atoms. The maximum Gasteiger partial charge on any atom is 0.256 e. The lowest BCUT2D eigenvalue weighted by atomic mass is 10.0. The first-order chi connectivity index (χ1) is 8.82. The van der Waals surface area contributed by atoms with Gasteiger partial charge in [-0.2, -0.15) is 0 Å². The molecular formula is C13H20N4O2. The second-order valence-corrected chi connectivity index (χ2v) is 4.12. The molecule has 0 fully saturated rings. The van der Waals surface area contributed by atoms with E-state index >= 15 is 0 Å². The van der Waals surface area contributed by atoms with E-state index in [9.17, 15) is 0 Å². The van der Waals surface area contributed by atoms with Gasteiger partial charge < -0.3 is 21.4 Å². The molecule has 0 amide bonds. The lowest BCUT2D eigenvalue weighted by Crippen LogP contribution is -2.63. The molecule has 6 nitrogen and oxygen atoms in total. The van der Waals surface area contributed by atoms with Crippen molar-refractivity contribution in [3.63, 3.8) is 0 Å². The predicted octanol–water partition coefficient (Wildman–Crippen LogP) is -1.75. The smallest absolute Gasteiger partial charge is 0.256 e. The maximum absolute atomic E-state index is 8.89. The summed E-state index contributed by atoms with van der Waals surface area (Å²) in [7, 11) is 0. The van der Waals surface area contributed by atoms with Gasteiger partial charge in [0, 0.05) is 16.6 Å². The minimum absolute atomic E-state index is 0.0186. The molecular weight excluding hydrogens is 244 g/mol. The van der Waals surface area contributed by atoms with Gasteiger partial charge in [-0.25, -0.2) is 0 Å². The molecule has 104 valence electrons. The molecule has 1 aromatic rings. The molecule has 0 aromatic heterocycles. The Labute approximate surface area is 112 Å². The van der Waals surface area contributed by atoms with Crippen molar-refractivity contribution in [1.82, 2.24) is 0 Å². The minimum Gasteiger partial charge on any atom is -0.550 e. The minimum atomic E-state index is -1.08. The van der Waals surface area contributed by atoms with Crippen LogP contribution in [0.5, 0.6) is 0 Å². The zero-order valence-corrected chi connectivity index (χ0v) is 11.4. The summed E-state index contributed by atoms with van der Waals surface area (Å²) in [5, 5.41) is 15.2. The fraction of sp³-hybridized carbons (Fsp3) is 0.308. The lowest BCUT2D eigenvalue weighted by molar-refractivity contribution is -0.456. The van der Waals surface area contributed by atoms with Gasteiger partial charge in [-0.1, -0.05) is 26.0 Å². The molecule has 0 heterocycles. The first-order valence-electron chi connectivity index (χ1n) is 5.77. The van der Waals surface area contributed by atoms with Crippen molar-refractivity contribution in [2.75, 3.05) is 0 Å². The Kier molecular flexibility index (Phi) is 7.60. The van der Waals surface area contributed by atoms with Gasteiger partial charge in [0.05, 0.1) is 0 Å². The molecule has 0 aliphatic carbocycles. The molecule has 1 rings (SSSR count). The summed E-state index contributed by atoms with van der Waals surface area (Å²) in [5.41, 5.74) is 12.7. The van der Waals surface area contributed by atoms with Crippen LogP contribution in [0.15, 0.2) is 29.4 Å². The molecule has 19 heavy (non-hydrogen) atoms. The monoisotopic (exact) mass is 264 g/mol. The van der Waals surface area contributed by atoms with Crippen molar-refractivity contribution in [2.45, 2.75) is 26.7 Å². The fourth-order valence-corrected chi connectivity index (χ4v) is 1.16. The number of carboxylic acid groups (broad SMARTS) is 1. The van der Waals surface area contributed by atoms with E-state index in [1.807, 2.05) is 12.1 Å². The van der Waals surface area contributed by atoms with Crippen LogP contribution in [0.4, 0.5) is 0 Å². The van der Waals surface area contributed by atoms with Gasteiger partial charge in [0.1, 0.15) is 0 Å². The van der Waals surface area contributed by atoms with Gasteiger partial charge >= 0.3 is 0 Å². The summed E-state index contributed by atoms with van der Waals surface area (Å²) in [4.78, 5) is 8.89. The number of carbonyl (C=O) groups is 1. The van der Waals surface area contributed by atoms with Gasteiger partial charge in [-0.3, -0.25) is 0 Å².